The van der Waals surface area contributed by atoms with Gasteiger partial charge in [0.1, 0.15) is 10.7 Å². The summed E-state index contributed by atoms with van der Waals surface area (Å²) in [5.41, 5.74) is 8.53. The van der Waals surface area contributed by atoms with Gasteiger partial charge in [-0.1, -0.05) is 11.3 Å². The SMILES string of the molecule is CCN(C)c1nc(N)c(C(=O)NCc2scnc2C)s1. The fourth-order valence-electron chi connectivity index (χ4n) is 1.52. The van der Waals surface area contributed by atoms with Gasteiger partial charge in [0.2, 0.25) is 0 Å². The molecule has 0 unspecified atom stereocenters. The standard InChI is InChI=1S/C12H17N5OS2/c1-4-17(3)12-16-10(13)9(20-12)11(18)14-5-8-7(2)15-6-19-8/h6H,4-5,13H2,1-3H3,(H,14,18). The van der Waals surface area contributed by atoms with Gasteiger partial charge in [0.05, 0.1) is 17.7 Å². The monoisotopic (exact) mass is 311 g/mol. The van der Waals surface area contributed by atoms with Crippen LogP contribution in [0.1, 0.15) is 27.2 Å². The lowest BCUT2D eigenvalue weighted by molar-refractivity contribution is 0.0956. The molecule has 1 amide bonds. The van der Waals surface area contributed by atoms with Crippen molar-refractivity contribution in [3.63, 3.8) is 0 Å². The third kappa shape index (κ3) is 3.07. The lowest BCUT2D eigenvalue weighted by Crippen LogP contribution is -2.22. The van der Waals surface area contributed by atoms with Gasteiger partial charge in [0.15, 0.2) is 5.13 Å². The van der Waals surface area contributed by atoms with Crippen molar-refractivity contribution in [3.05, 3.63) is 21.0 Å². The van der Waals surface area contributed by atoms with Gasteiger partial charge in [-0.3, -0.25) is 4.79 Å². The summed E-state index contributed by atoms with van der Waals surface area (Å²) in [7, 11) is 1.92. The first-order valence-corrected chi connectivity index (χ1v) is 7.87. The van der Waals surface area contributed by atoms with E-state index in [4.69, 9.17) is 5.73 Å². The Morgan fingerprint density at radius 3 is 2.90 bits per heavy atom. The van der Waals surface area contributed by atoms with Crippen LogP contribution in [0, 0.1) is 6.92 Å². The normalized spacial score (nSPS) is 10.6. The van der Waals surface area contributed by atoms with Crippen molar-refractivity contribution in [1.82, 2.24) is 15.3 Å². The number of aromatic nitrogens is 2. The molecule has 3 N–H and O–H groups in total. The van der Waals surface area contributed by atoms with E-state index in [9.17, 15) is 4.79 Å². The van der Waals surface area contributed by atoms with Crippen LogP contribution in [0.4, 0.5) is 10.9 Å². The molecule has 20 heavy (non-hydrogen) atoms. The van der Waals surface area contributed by atoms with Crippen molar-refractivity contribution in [2.45, 2.75) is 20.4 Å². The molecule has 0 saturated heterocycles. The van der Waals surface area contributed by atoms with E-state index in [0.29, 0.717) is 11.4 Å². The van der Waals surface area contributed by atoms with Crippen LogP contribution in [0.5, 0.6) is 0 Å². The largest absolute Gasteiger partial charge is 0.382 e. The van der Waals surface area contributed by atoms with Gasteiger partial charge in [-0.05, 0) is 13.8 Å². The number of nitrogens with one attached hydrogen (secondary N) is 1. The number of hydrogen-bond acceptors (Lipinski definition) is 7. The Bertz CT molecular complexity index is 607. The van der Waals surface area contributed by atoms with Gasteiger partial charge in [-0.2, -0.15) is 0 Å². The molecule has 2 aromatic rings. The van der Waals surface area contributed by atoms with Gasteiger partial charge in [0.25, 0.3) is 5.91 Å². The van der Waals surface area contributed by atoms with E-state index in [2.05, 4.69) is 15.3 Å². The summed E-state index contributed by atoms with van der Waals surface area (Å²) in [4.78, 5) is 24.0. The van der Waals surface area contributed by atoms with E-state index in [1.54, 1.807) is 5.51 Å². The minimum absolute atomic E-state index is 0.191. The second-order valence-corrected chi connectivity index (χ2v) is 6.19. The average Bonchev–Trinajstić information content (AvgIpc) is 3.01. The molecular formula is C12H17N5OS2. The summed E-state index contributed by atoms with van der Waals surface area (Å²) in [5, 5.41) is 3.61. The molecule has 8 heteroatoms. The molecule has 0 aliphatic heterocycles. The highest BCUT2D eigenvalue weighted by Gasteiger charge is 2.17. The summed E-state index contributed by atoms with van der Waals surface area (Å²) in [6.07, 6.45) is 0. The van der Waals surface area contributed by atoms with Gasteiger partial charge in [-0.15, -0.1) is 11.3 Å². The highest BCUT2D eigenvalue weighted by atomic mass is 32.1. The number of nitrogen functional groups attached to an aromatic ring is 1. The van der Waals surface area contributed by atoms with Gasteiger partial charge < -0.3 is 16.0 Å². The molecule has 2 heterocycles. The quantitative estimate of drug-likeness (QED) is 0.880. The number of anilines is 2. The zero-order valence-electron chi connectivity index (χ0n) is 11.6. The highest BCUT2D eigenvalue weighted by molar-refractivity contribution is 7.18. The van der Waals surface area contributed by atoms with Crippen molar-refractivity contribution in [3.8, 4) is 0 Å². The number of rotatable bonds is 5. The van der Waals surface area contributed by atoms with Crippen LogP contribution < -0.4 is 16.0 Å². The van der Waals surface area contributed by atoms with Gasteiger partial charge in [-0.25, -0.2) is 9.97 Å². The Hall–Kier alpha value is -1.67. The first-order chi connectivity index (χ1) is 9.52. The number of thiazole rings is 2. The number of amides is 1. The molecule has 0 bridgehead atoms. The zero-order chi connectivity index (χ0) is 14.7. The fraction of sp³-hybridized carbons (Fsp3) is 0.417. The summed E-state index contributed by atoms with van der Waals surface area (Å²) >= 11 is 2.83. The Morgan fingerprint density at radius 2 is 2.30 bits per heavy atom. The Balaban J connectivity index is 2.06. The second kappa shape index (κ2) is 6.19. The summed E-state index contributed by atoms with van der Waals surface area (Å²) in [6.45, 7) is 5.22. The van der Waals surface area contributed by atoms with Crippen LogP contribution >= 0.6 is 22.7 Å². The molecule has 6 nitrogen and oxygen atoms in total. The Kier molecular flexibility index (Phi) is 4.56. The molecule has 0 fully saturated rings. The van der Waals surface area contributed by atoms with E-state index in [1.807, 2.05) is 25.8 Å². The van der Waals surface area contributed by atoms with Gasteiger partial charge >= 0.3 is 0 Å². The molecule has 0 aromatic carbocycles. The lowest BCUT2D eigenvalue weighted by Gasteiger charge is -2.10. The molecule has 0 saturated carbocycles. The minimum atomic E-state index is -0.191. The molecule has 0 radical (unpaired) electrons. The Labute approximate surface area is 125 Å². The minimum Gasteiger partial charge on any atom is -0.382 e. The number of carbonyl (C=O) groups excluding carboxylic acids is 1. The van der Waals surface area contributed by atoms with E-state index in [1.165, 1.54) is 22.7 Å². The van der Waals surface area contributed by atoms with E-state index in [-0.39, 0.29) is 11.7 Å². The highest BCUT2D eigenvalue weighted by Crippen LogP contribution is 2.27. The topological polar surface area (TPSA) is 84.1 Å². The smallest absolute Gasteiger partial charge is 0.265 e. The predicted molar refractivity (Wildman–Crippen MR) is 83.5 cm³/mol. The maximum atomic E-state index is 12.1. The zero-order valence-corrected chi connectivity index (χ0v) is 13.3. The number of hydrogen-bond donors (Lipinski definition) is 2. The van der Waals surface area contributed by atoms with E-state index >= 15 is 0 Å². The van der Waals surface area contributed by atoms with Crippen molar-refractivity contribution in [2.24, 2.45) is 0 Å². The number of aryl methyl sites for hydroxylation is 1. The number of nitrogens with zero attached hydrogens (tertiary/aromatic N) is 3. The predicted octanol–water partition coefficient (Wildman–Crippen LogP) is 1.88. The summed E-state index contributed by atoms with van der Waals surface area (Å²) in [6, 6.07) is 0. The van der Waals surface area contributed by atoms with Crippen molar-refractivity contribution < 1.29 is 4.79 Å². The van der Waals surface area contributed by atoms with Crippen LogP contribution in [0.25, 0.3) is 0 Å². The van der Waals surface area contributed by atoms with Crippen LogP contribution in [0.3, 0.4) is 0 Å². The first kappa shape index (κ1) is 14.7. The number of carbonyl (C=O) groups is 1. The average molecular weight is 311 g/mol. The molecule has 2 rings (SSSR count). The summed E-state index contributed by atoms with van der Waals surface area (Å²) in [5.74, 6) is 0.0902. The maximum Gasteiger partial charge on any atom is 0.265 e. The van der Waals surface area contributed by atoms with E-state index in [0.717, 1.165) is 22.2 Å². The first-order valence-electron chi connectivity index (χ1n) is 6.17. The van der Waals surface area contributed by atoms with Crippen LogP contribution in [0.15, 0.2) is 5.51 Å². The number of nitrogens with two attached hydrogens (primary N) is 1. The second-order valence-electron chi connectivity index (χ2n) is 4.27. The molecule has 0 aliphatic carbocycles. The van der Waals surface area contributed by atoms with Gasteiger partial charge in [0, 0.05) is 18.5 Å². The molecule has 108 valence electrons. The maximum absolute atomic E-state index is 12.1. The van der Waals surface area contributed by atoms with Crippen molar-refractivity contribution >= 4 is 39.5 Å². The molecule has 0 spiro atoms. The third-order valence-electron chi connectivity index (χ3n) is 2.90. The molecule has 0 aliphatic rings. The fourth-order valence-corrected chi connectivity index (χ4v) is 3.16. The van der Waals surface area contributed by atoms with Crippen LogP contribution in [0.2, 0.25) is 0 Å². The van der Waals surface area contributed by atoms with Crippen molar-refractivity contribution in [1.29, 1.82) is 0 Å². The molecular weight excluding hydrogens is 294 g/mol. The third-order valence-corrected chi connectivity index (χ3v) is 5.02. The summed E-state index contributed by atoms with van der Waals surface area (Å²) < 4.78 is 0. The van der Waals surface area contributed by atoms with Crippen LogP contribution in [-0.2, 0) is 6.54 Å². The Morgan fingerprint density at radius 1 is 1.55 bits per heavy atom. The molecule has 2 aromatic heterocycles. The van der Waals surface area contributed by atoms with Crippen LogP contribution in [-0.4, -0.2) is 29.5 Å². The lowest BCUT2D eigenvalue weighted by atomic mass is 10.4. The van der Waals surface area contributed by atoms with Crippen molar-refractivity contribution in [2.75, 3.05) is 24.2 Å². The molecule has 0 atom stereocenters. The van der Waals surface area contributed by atoms with E-state index < -0.39 is 0 Å².